The highest BCUT2D eigenvalue weighted by atomic mass is 16.5. The van der Waals surface area contributed by atoms with Gasteiger partial charge in [0.15, 0.2) is 0 Å². The third-order valence-electron chi connectivity index (χ3n) is 3.93. The zero-order valence-corrected chi connectivity index (χ0v) is 14.3. The van der Waals surface area contributed by atoms with E-state index in [0.717, 1.165) is 10.5 Å². The molecule has 7 heteroatoms. The van der Waals surface area contributed by atoms with E-state index in [0.29, 0.717) is 0 Å². The lowest BCUT2D eigenvalue weighted by Crippen LogP contribution is -2.32. The molecule has 1 fully saturated rings. The minimum absolute atomic E-state index is 0.0493. The van der Waals surface area contributed by atoms with Crippen LogP contribution in [0.1, 0.15) is 25.8 Å². The van der Waals surface area contributed by atoms with Crippen molar-refractivity contribution in [1.82, 2.24) is 4.90 Å². The van der Waals surface area contributed by atoms with E-state index < -0.39 is 35.6 Å². The number of hydrogen-bond donors (Lipinski definition) is 0. The molecule has 1 aromatic carbocycles. The molecule has 0 aliphatic carbocycles. The quantitative estimate of drug-likeness (QED) is 0.420. The Bertz CT molecular complexity index is 657. The molecule has 2 rings (SSSR count). The first-order valence-electron chi connectivity index (χ1n) is 8.21. The van der Waals surface area contributed by atoms with Crippen molar-refractivity contribution in [3.05, 3.63) is 35.9 Å². The van der Waals surface area contributed by atoms with Crippen LogP contribution in [-0.4, -0.2) is 41.9 Å². The lowest BCUT2D eigenvalue weighted by molar-refractivity contribution is -0.154. The highest BCUT2D eigenvalue weighted by molar-refractivity contribution is 6.14. The van der Waals surface area contributed by atoms with Crippen molar-refractivity contribution < 1.29 is 28.7 Å². The van der Waals surface area contributed by atoms with Crippen molar-refractivity contribution in [3.8, 4) is 0 Å². The summed E-state index contributed by atoms with van der Waals surface area (Å²) in [5.41, 5.74) is 0.753. The van der Waals surface area contributed by atoms with Crippen LogP contribution in [0.2, 0.25) is 0 Å². The molecule has 0 unspecified atom stereocenters. The van der Waals surface area contributed by atoms with Crippen LogP contribution in [0.5, 0.6) is 0 Å². The van der Waals surface area contributed by atoms with Gasteiger partial charge in [-0.2, -0.15) is 0 Å². The first kappa shape index (κ1) is 18.6. The van der Waals surface area contributed by atoms with Crippen LogP contribution in [0.25, 0.3) is 0 Å². The van der Waals surface area contributed by atoms with Crippen molar-refractivity contribution in [3.63, 3.8) is 0 Å². The number of hydrogen-bond acceptors (Lipinski definition) is 6. The summed E-state index contributed by atoms with van der Waals surface area (Å²) in [5.74, 6) is -4.99. The number of ether oxygens (including phenoxy) is 2. The van der Waals surface area contributed by atoms with Gasteiger partial charge in [-0.25, -0.2) is 0 Å². The van der Waals surface area contributed by atoms with Crippen LogP contribution in [0.4, 0.5) is 0 Å². The fourth-order valence-corrected chi connectivity index (χ4v) is 2.81. The van der Waals surface area contributed by atoms with Gasteiger partial charge in [0.2, 0.25) is 11.8 Å². The first-order valence-corrected chi connectivity index (χ1v) is 8.21. The Balaban J connectivity index is 2.25. The summed E-state index contributed by atoms with van der Waals surface area (Å²) < 4.78 is 9.78. The van der Waals surface area contributed by atoms with Gasteiger partial charge >= 0.3 is 11.9 Å². The maximum atomic E-state index is 12.7. The lowest BCUT2D eigenvalue weighted by Gasteiger charge is -2.14. The van der Waals surface area contributed by atoms with Crippen LogP contribution in [-0.2, 0) is 35.2 Å². The molecule has 0 N–H and O–H groups in total. The van der Waals surface area contributed by atoms with E-state index in [2.05, 4.69) is 0 Å². The van der Waals surface area contributed by atoms with E-state index >= 15 is 0 Å². The molecular weight excluding hydrogens is 326 g/mol. The predicted molar refractivity (Wildman–Crippen MR) is 86.9 cm³/mol. The molecule has 2 amide bonds. The van der Waals surface area contributed by atoms with E-state index in [1.54, 1.807) is 38.1 Å². The zero-order chi connectivity index (χ0) is 18.4. The highest BCUT2D eigenvalue weighted by Gasteiger charge is 2.52. The second-order valence-corrected chi connectivity index (χ2v) is 5.59. The van der Waals surface area contributed by atoms with Crippen molar-refractivity contribution >= 4 is 23.8 Å². The summed E-state index contributed by atoms with van der Waals surface area (Å²) in [6.45, 7) is 3.55. The molecule has 7 nitrogen and oxygen atoms in total. The maximum absolute atomic E-state index is 12.7. The van der Waals surface area contributed by atoms with Gasteiger partial charge in [0, 0.05) is 0 Å². The van der Waals surface area contributed by atoms with Gasteiger partial charge in [0.25, 0.3) is 0 Å². The number of nitrogens with zero attached hydrogens (tertiary/aromatic N) is 1. The molecule has 1 saturated heterocycles. The van der Waals surface area contributed by atoms with Gasteiger partial charge in [0.05, 0.1) is 32.1 Å². The largest absolute Gasteiger partial charge is 0.466 e. The van der Waals surface area contributed by atoms with Crippen molar-refractivity contribution in [2.45, 2.75) is 26.8 Å². The predicted octanol–water partition coefficient (Wildman–Crippen LogP) is 1.30. The van der Waals surface area contributed by atoms with Crippen LogP contribution < -0.4 is 0 Å². The second kappa shape index (κ2) is 8.41. The summed E-state index contributed by atoms with van der Waals surface area (Å²) in [4.78, 5) is 50.3. The molecule has 1 heterocycles. The van der Waals surface area contributed by atoms with Crippen LogP contribution in [0, 0.1) is 11.8 Å². The summed E-state index contributed by atoms with van der Waals surface area (Å²) >= 11 is 0. The van der Waals surface area contributed by atoms with Gasteiger partial charge in [-0.1, -0.05) is 30.3 Å². The SMILES string of the molecule is CCOC(=O)C[C@@H]1C(=O)N(Cc2ccccc2)C(=O)[C@H]1C(=O)OCC. The highest BCUT2D eigenvalue weighted by Crippen LogP contribution is 2.31. The first-order chi connectivity index (χ1) is 12.0. The third-order valence-corrected chi connectivity index (χ3v) is 3.93. The smallest absolute Gasteiger partial charge is 0.319 e. The normalized spacial score (nSPS) is 19.8. The number of carbonyl (C=O) groups is 4. The average molecular weight is 347 g/mol. The van der Waals surface area contributed by atoms with Crippen molar-refractivity contribution in [2.75, 3.05) is 13.2 Å². The molecule has 0 saturated carbocycles. The fourth-order valence-electron chi connectivity index (χ4n) is 2.81. The number of amides is 2. The minimum atomic E-state index is -1.31. The maximum Gasteiger partial charge on any atom is 0.319 e. The molecule has 1 aromatic rings. The van der Waals surface area contributed by atoms with Gasteiger partial charge in [-0.15, -0.1) is 0 Å². The standard InChI is InChI=1S/C18H21NO6/c1-3-24-14(20)10-13-15(18(23)25-4-2)17(22)19(16(13)21)11-12-8-6-5-7-9-12/h5-9,13,15H,3-4,10-11H2,1-2H3/t13-,15-/m0/s1. The third kappa shape index (κ3) is 4.23. The van der Waals surface area contributed by atoms with Crippen molar-refractivity contribution in [2.24, 2.45) is 11.8 Å². The summed E-state index contributed by atoms with van der Waals surface area (Å²) in [7, 11) is 0. The fraction of sp³-hybridized carbons (Fsp3) is 0.444. The molecule has 0 aromatic heterocycles. The molecule has 1 aliphatic rings. The molecule has 0 spiro atoms. The number of likely N-dealkylation sites (tertiary alicyclic amines) is 1. The Labute approximate surface area is 145 Å². The van der Waals surface area contributed by atoms with Gasteiger partial charge in [-0.05, 0) is 19.4 Å². The Morgan fingerprint density at radius 2 is 1.64 bits per heavy atom. The molecule has 25 heavy (non-hydrogen) atoms. The van der Waals surface area contributed by atoms with Gasteiger partial charge in [0.1, 0.15) is 5.92 Å². The molecule has 0 bridgehead atoms. The Kier molecular flexibility index (Phi) is 6.27. The lowest BCUT2D eigenvalue weighted by atomic mass is 9.92. The summed E-state index contributed by atoms with van der Waals surface area (Å²) in [6, 6.07) is 8.96. The van der Waals surface area contributed by atoms with E-state index in [-0.39, 0.29) is 26.2 Å². The van der Waals surface area contributed by atoms with Gasteiger partial charge in [-0.3, -0.25) is 24.1 Å². The number of benzene rings is 1. The molecule has 2 atom stereocenters. The number of imide groups is 1. The minimum Gasteiger partial charge on any atom is -0.466 e. The molecular formula is C18H21NO6. The molecule has 0 radical (unpaired) electrons. The number of carbonyl (C=O) groups excluding carboxylic acids is 4. The van der Waals surface area contributed by atoms with E-state index in [4.69, 9.17) is 9.47 Å². The zero-order valence-electron chi connectivity index (χ0n) is 14.3. The van der Waals surface area contributed by atoms with Crippen LogP contribution in [0.3, 0.4) is 0 Å². The Hall–Kier alpha value is -2.70. The van der Waals surface area contributed by atoms with E-state index in [1.807, 2.05) is 6.07 Å². The summed E-state index contributed by atoms with van der Waals surface area (Å²) in [5, 5.41) is 0. The Morgan fingerprint density at radius 3 is 2.24 bits per heavy atom. The van der Waals surface area contributed by atoms with E-state index in [9.17, 15) is 19.2 Å². The molecule has 1 aliphatic heterocycles. The Morgan fingerprint density at radius 1 is 1.00 bits per heavy atom. The van der Waals surface area contributed by atoms with Crippen LogP contribution >= 0.6 is 0 Å². The van der Waals surface area contributed by atoms with Crippen LogP contribution in [0.15, 0.2) is 30.3 Å². The van der Waals surface area contributed by atoms with E-state index in [1.165, 1.54) is 0 Å². The molecule has 134 valence electrons. The topological polar surface area (TPSA) is 90.0 Å². The number of esters is 2. The monoisotopic (exact) mass is 347 g/mol. The van der Waals surface area contributed by atoms with Gasteiger partial charge < -0.3 is 9.47 Å². The second-order valence-electron chi connectivity index (χ2n) is 5.59. The van der Waals surface area contributed by atoms with Crippen molar-refractivity contribution in [1.29, 1.82) is 0 Å². The number of rotatable bonds is 7. The summed E-state index contributed by atoms with van der Waals surface area (Å²) in [6.07, 6.45) is -0.326. The average Bonchev–Trinajstić information content (AvgIpc) is 2.81.